The molecule has 1 N–H and O–H groups in total. The Morgan fingerprint density at radius 2 is 1.96 bits per heavy atom. The SMILES string of the molecule is Fc1cc(Br)cc(C2=CC(c3cccc(Br)c3)n3nnnc3N2)c1. The van der Waals surface area contributed by atoms with Crippen LogP contribution in [0.4, 0.5) is 10.3 Å². The lowest BCUT2D eigenvalue weighted by Crippen LogP contribution is -2.20. The van der Waals surface area contributed by atoms with Gasteiger partial charge in [-0.25, -0.2) is 4.39 Å². The van der Waals surface area contributed by atoms with E-state index in [1.165, 1.54) is 12.1 Å². The second kappa shape index (κ2) is 6.10. The second-order valence-corrected chi connectivity index (χ2v) is 7.14. The zero-order chi connectivity index (χ0) is 16.7. The van der Waals surface area contributed by atoms with E-state index >= 15 is 0 Å². The Bertz CT molecular complexity index is 933. The Kier molecular flexibility index (Phi) is 3.93. The highest BCUT2D eigenvalue weighted by Gasteiger charge is 2.24. The number of nitrogens with one attached hydrogen (secondary N) is 1. The Morgan fingerprint density at radius 1 is 1.08 bits per heavy atom. The third-order valence-electron chi connectivity index (χ3n) is 3.69. The van der Waals surface area contributed by atoms with Crippen LogP contribution >= 0.6 is 31.9 Å². The number of benzene rings is 2. The van der Waals surface area contributed by atoms with Gasteiger partial charge in [0.15, 0.2) is 0 Å². The first-order chi connectivity index (χ1) is 11.6. The number of anilines is 1. The molecule has 0 amide bonds. The molecular weight excluding hydrogens is 441 g/mol. The van der Waals surface area contributed by atoms with E-state index < -0.39 is 0 Å². The smallest absolute Gasteiger partial charge is 0.248 e. The molecule has 1 atom stereocenters. The van der Waals surface area contributed by atoms with Crippen LogP contribution in [0.5, 0.6) is 0 Å². The van der Waals surface area contributed by atoms with Gasteiger partial charge in [0.1, 0.15) is 11.9 Å². The summed E-state index contributed by atoms with van der Waals surface area (Å²) >= 11 is 6.81. The molecule has 0 spiro atoms. The summed E-state index contributed by atoms with van der Waals surface area (Å²) in [6.07, 6.45) is 1.98. The first-order valence-corrected chi connectivity index (χ1v) is 8.67. The van der Waals surface area contributed by atoms with Crippen molar-refractivity contribution in [1.29, 1.82) is 0 Å². The molecule has 4 rings (SSSR count). The lowest BCUT2D eigenvalue weighted by molar-refractivity contribution is 0.585. The molecule has 0 saturated heterocycles. The normalized spacial score (nSPS) is 16.3. The van der Waals surface area contributed by atoms with Gasteiger partial charge in [-0.15, -0.1) is 0 Å². The standard InChI is InChI=1S/C16H10Br2FN5/c17-11-3-1-2-9(4-11)15-8-14(20-16-21-22-23-24(15)16)10-5-12(18)7-13(19)6-10/h1-8,15H,(H,20,21,23). The molecule has 2 heterocycles. The maximum absolute atomic E-state index is 13.8. The second-order valence-electron chi connectivity index (χ2n) is 5.31. The summed E-state index contributed by atoms with van der Waals surface area (Å²) in [5, 5.41) is 15.0. The van der Waals surface area contributed by atoms with Crippen LogP contribution in [0.2, 0.25) is 0 Å². The van der Waals surface area contributed by atoms with Crippen molar-refractivity contribution in [3.05, 3.63) is 74.4 Å². The van der Waals surface area contributed by atoms with Gasteiger partial charge in [0.05, 0.1) is 0 Å². The fourth-order valence-electron chi connectivity index (χ4n) is 2.66. The zero-order valence-corrected chi connectivity index (χ0v) is 15.3. The minimum absolute atomic E-state index is 0.189. The van der Waals surface area contributed by atoms with Crippen molar-refractivity contribution < 1.29 is 4.39 Å². The van der Waals surface area contributed by atoms with E-state index in [-0.39, 0.29) is 11.9 Å². The molecular formula is C16H10Br2FN5. The summed E-state index contributed by atoms with van der Waals surface area (Å²) in [6.45, 7) is 0. The van der Waals surface area contributed by atoms with Crippen LogP contribution in [-0.4, -0.2) is 20.2 Å². The Morgan fingerprint density at radius 3 is 2.75 bits per heavy atom. The number of allylic oxidation sites excluding steroid dienone is 1. The molecule has 0 radical (unpaired) electrons. The molecule has 1 aromatic heterocycles. The van der Waals surface area contributed by atoms with Gasteiger partial charge in [-0.1, -0.05) is 49.1 Å². The zero-order valence-electron chi connectivity index (χ0n) is 12.1. The molecule has 1 aliphatic rings. The Labute approximate surface area is 153 Å². The van der Waals surface area contributed by atoms with Crippen LogP contribution in [0.25, 0.3) is 5.70 Å². The topological polar surface area (TPSA) is 55.6 Å². The van der Waals surface area contributed by atoms with E-state index in [1.54, 1.807) is 4.68 Å². The summed E-state index contributed by atoms with van der Waals surface area (Å²) < 4.78 is 17.1. The van der Waals surface area contributed by atoms with Gasteiger partial charge < -0.3 is 5.32 Å². The summed E-state index contributed by atoms with van der Waals surface area (Å²) in [5.74, 6) is 0.198. The summed E-state index contributed by atoms with van der Waals surface area (Å²) in [6, 6.07) is 12.5. The first-order valence-electron chi connectivity index (χ1n) is 7.09. The molecule has 8 heteroatoms. The van der Waals surface area contributed by atoms with E-state index in [2.05, 4.69) is 52.7 Å². The third kappa shape index (κ3) is 2.87. The molecule has 24 heavy (non-hydrogen) atoms. The number of rotatable bonds is 2. The number of halogens is 3. The number of hydrogen-bond acceptors (Lipinski definition) is 4. The van der Waals surface area contributed by atoms with E-state index in [1.807, 2.05) is 36.4 Å². The van der Waals surface area contributed by atoms with Crippen molar-refractivity contribution in [1.82, 2.24) is 20.2 Å². The van der Waals surface area contributed by atoms with E-state index in [0.29, 0.717) is 10.4 Å². The van der Waals surface area contributed by atoms with Gasteiger partial charge in [0.2, 0.25) is 5.95 Å². The van der Waals surface area contributed by atoms with Crippen molar-refractivity contribution >= 4 is 43.5 Å². The van der Waals surface area contributed by atoms with Crippen LogP contribution in [0.3, 0.4) is 0 Å². The maximum atomic E-state index is 13.8. The quantitative estimate of drug-likeness (QED) is 0.628. The summed E-state index contributed by atoms with van der Waals surface area (Å²) in [5.41, 5.74) is 2.49. The fraction of sp³-hybridized carbons (Fsp3) is 0.0625. The van der Waals surface area contributed by atoms with Crippen LogP contribution in [0, 0.1) is 5.82 Å². The maximum Gasteiger partial charge on any atom is 0.248 e. The molecule has 2 aromatic carbocycles. The van der Waals surface area contributed by atoms with E-state index in [0.717, 1.165) is 21.3 Å². The highest BCUT2D eigenvalue weighted by molar-refractivity contribution is 9.10. The molecule has 120 valence electrons. The van der Waals surface area contributed by atoms with E-state index in [4.69, 9.17) is 0 Å². The van der Waals surface area contributed by atoms with Crippen molar-refractivity contribution in [3.63, 3.8) is 0 Å². The van der Waals surface area contributed by atoms with Gasteiger partial charge in [-0.05, 0) is 52.4 Å². The van der Waals surface area contributed by atoms with Crippen LogP contribution < -0.4 is 5.32 Å². The molecule has 0 bridgehead atoms. The fourth-order valence-corrected chi connectivity index (χ4v) is 3.54. The predicted octanol–water partition coefficient (Wildman–Crippen LogP) is 4.39. The minimum atomic E-state index is -0.314. The molecule has 0 aliphatic carbocycles. The molecule has 3 aromatic rings. The average Bonchev–Trinajstić information content (AvgIpc) is 3.01. The number of nitrogens with zero attached hydrogens (tertiary/aromatic N) is 4. The van der Waals surface area contributed by atoms with Gasteiger partial charge in [-0.3, -0.25) is 0 Å². The van der Waals surface area contributed by atoms with Crippen molar-refractivity contribution in [2.75, 3.05) is 5.32 Å². The Balaban J connectivity index is 1.84. The van der Waals surface area contributed by atoms with Crippen molar-refractivity contribution in [2.45, 2.75) is 6.04 Å². The largest absolute Gasteiger partial charge is 0.323 e. The molecule has 0 saturated carbocycles. The van der Waals surface area contributed by atoms with Gasteiger partial charge in [0, 0.05) is 20.2 Å². The predicted molar refractivity (Wildman–Crippen MR) is 95.8 cm³/mol. The number of fused-ring (bicyclic) bond motifs is 1. The molecule has 1 unspecified atom stereocenters. The highest BCUT2D eigenvalue weighted by Crippen LogP contribution is 2.33. The number of aromatic nitrogens is 4. The summed E-state index contributed by atoms with van der Waals surface area (Å²) in [4.78, 5) is 0. The molecule has 0 fully saturated rings. The van der Waals surface area contributed by atoms with Crippen LogP contribution in [0.15, 0.2) is 57.5 Å². The lowest BCUT2D eigenvalue weighted by atomic mass is 10.0. The van der Waals surface area contributed by atoms with Crippen molar-refractivity contribution in [3.8, 4) is 0 Å². The number of hydrogen-bond donors (Lipinski definition) is 1. The molecule has 1 aliphatic heterocycles. The number of tetrazole rings is 1. The molecule has 5 nitrogen and oxygen atoms in total. The first kappa shape index (κ1) is 15.5. The van der Waals surface area contributed by atoms with Gasteiger partial charge in [-0.2, -0.15) is 4.68 Å². The summed E-state index contributed by atoms with van der Waals surface area (Å²) in [7, 11) is 0. The van der Waals surface area contributed by atoms with E-state index in [9.17, 15) is 4.39 Å². The highest BCUT2D eigenvalue weighted by atomic mass is 79.9. The minimum Gasteiger partial charge on any atom is -0.323 e. The van der Waals surface area contributed by atoms with Gasteiger partial charge in [0.25, 0.3) is 0 Å². The Hall–Kier alpha value is -2.06. The average molecular weight is 451 g/mol. The van der Waals surface area contributed by atoms with Crippen molar-refractivity contribution in [2.24, 2.45) is 0 Å². The van der Waals surface area contributed by atoms with Gasteiger partial charge >= 0.3 is 0 Å². The lowest BCUT2D eigenvalue weighted by Gasteiger charge is -2.23. The third-order valence-corrected chi connectivity index (χ3v) is 4.64. The van der Waals surface area contributed by atoms with Crippen LogP contribution in [-0.2, 0) is 0 Å². The monoisotopic (exact) mass is 449 g/mol. The van der Waals surface area contributed by atoms with Crippen LogP contribution in [0.1, 0.15) is 17.2 Å².